The molecule has 0 saturated carbocycles. The van der Waals surface area contributed by atoms with E-state index in [9.17, 15) is 4.79 Å². The van der Waals surface area contributed by atoms with E-state index in [0.717, 1.165) is 67.4 Å². The molecule has 0 unspecified atom stereocenters. The number of hydrogen-bond acceptors (Lipinski definition) is 4. The number of nitrogens with one attached hydrogen (secondary N) is 1. The van der Waals surface area contributed by atoms with E-state index in [2.05, 4.69) is 41.9 Å². The predicted octanol–water partition coefficient (Wildman–Crippen LogP) is 5.18. The zero-order chi connectivity index (χ0) is 21.8. The van der Waals surface area contributed by atoms with Gasteiger partial charge < -0.3 is 14.6 Å². The van der Waals surface area contributed by atoms with Crippen molar-refractivity contribution in [3.05, 3.63) is 70.0 Å². The Morgan fingerprint density at radius 1 is 1.16 bits per heavy atom. The maximum Gasteiger partial charge on any atom is 0.258 e. The number of aryl methyl sites for hydroxylation is 1. The van der Waals surface area contributed by atoms with Crippen molar-refractivity contribution in [3.63, 3.8) is 0 Å². The van der Waals surface area contributed by atoms with Crippen molar-refractivity contribution in [3.8, 4) is 11.3 Å². The van der Waals surface area contributed by atoms with E-state index in [4.69, 9.17) is 9.73 Å². The highest BCUT2D eigenvalue weighted by molar-refractivity contribution is 6.05. The first-order valence-corrected chi connectivity index (χ1v) is 11.2. The molecule has 5 nitrogen and oxygen atoms in total. The van der Waals surface area contributed by atoms with Gasteiger partial charge in [0.25, 0.3) is 5.56 Å². The summed E-state index contributed by atoms with van der Waals surface area (Å²) in [6.07, 6.45) is 2.30. The topological polar surface area (TPSA) is 57.7 Å². The Kier molecular flexibility index (Phi) is 6.52. The molecule has 1 fully saturated rings. The molecule has 1 aromatic carbocycles. The summed E-state index contributed by atoms with van der Waals surface area (Å²) < 4.78 is 5.61. The van der Waals surface area contributed by atoms with Crippen LogP contribution in [0.25, 0.3) is 11.3 Å². The number of aromatic nitrogens is 1. The predicted molar refractivity (Wildman–Crippen MR) is 128 cm³/mol. The van der Waals surface area contributed by atoms with E-state index in [1.54, 1.807) is 0 Å². The van der Waals surface area contributed by atoms with E-state index < -0.39 is 0 Å². The minimum absolute atomic E-state index is 0.0902. The molecule has 1 saturated heterocycles. The van der Waals surface area contributed by atoms with Gasteiger partial charge in [-0.1, -0.05) is 30.3 Å². The van der Waals surface area contributed by atoms with Crippen molar-refractivity contribution in [1.82, 2.24) is 4.98 Å². The van der Waals surface area contributed by atoms with Gasteiger partial charge in [-0.2, -0.15) is 0 Å². The summed E-state index contributed by atoms with van der Waals surface area (Å²) in [5.74, 6) is 0.653. The van der Waals surface area contributed by atoms with Crippen LogP contribution >= 0.6 is 0 Å². The molecule has 1 N–H and O–H groups in total. The number of aromatic amines is 1. The quantitative estimate of drug-likeness (QED) is 0.562. The molecule has 0 amide bonds. The lowest BCUT2D eigenvalue weighted by Gasteiger charge is -2.33. The highest BCUT2D eigenvalue weighted by Gasteiger charge is 2.20. The van der Waals surface area contributed by atoms with Gasteiger partial charge in [-0.25, -0.2) is 0 Å². The zero-order valence-electron chi connectivity index (χ0n) is 18.6. The second-order valence-corrected chi connectivity index (χ2v) is 8.33. The zero-order valence-corrected chi connectivity index (χ0v) is 18.6. The van der Waals surface area contributed by atoms with Crippen molar-refractivity contribution in [1.29, 1.82) is 0 Å². The van der Waals surface area contributed by atoms with E-state index in [0.29, 0.717) is 11.5 Å². The Labute approximate surface area is 184 Å². The van der Waals surface area contributed by atoms with Crippen LogP contribution in [0.4, 0.5) is 11.4 Å². The van der Waals surface area contributed by atoms with Gasteiger partial charge in [0.15, 0.2) is 0 Å². The third-order valence-electron chi connectivity index (χ3n) is 6.16. The Balaban J connectivity index is 1.58. The molecule has 5 heteroatoms. The Morgan fingerprint density at radius 3 is 2.71 bits per heavy atom. The standard InChI is InChI=1S/C26H31N3O2/c1-4-31-17-20-12-14-29(15-13-20)21-11-10-18(2)24(16-21)27-19(3)25-22-8-6-5-7-9-23(22)28-26(25)30/h5-11,16,20H,4,12-15,17H2,1-3H3,(H,28,30)/b27-19+. The van der Waals surface area contributed by atoms with Crippen LogP contribution < -0.4 is 10.5 Å². The summed E-state index contributed by atoms with van der Waals surface area (Å²) in [6.45, 7) is 9.77. The van der Waals surface area contributed by atoms with E-state index >= 15 is 0 Å². The number of benzene rings is 1. The average Bonchev–Trinajstić information content (AvgIpc) is 2.92. The second kappa shape index (κ2) is 9.48. The van der Waals surface area contributed by atoms with Crippen molar-refractivity contribution in [2.45, 2.75) is 33.6 Å². The van der Waals surface area contributed by atoms with Gasteiger partial charge in [0.05, 0.1) is 17.0 Å². The molecular weight excluding hydrogens is 386 g/mol. The maximum absolute atomic E-state index is 12.6. The van der Waals surface area contributed by atoms with Crippen molar-refractivity contribution in [2.75, 3.05) is 31.2 Å². The first kappa shape index (κ1) is 21.3. The fourth-order valence-corrected chi connectivity index (χ4v) is 4.33. The number of aliphatic imine (C=N–C) groups is 1. The number of nitrogens with zero attached hydrogens (tertiary/aromatic N) is 2. The number of piperidine rings is 1. The van der Waals surface area contributed by atoms with Gasteiger partial charge in [0.1, 0.15) is 0 Å². The first-order valence-electron chi connectivity index (χ1n) is 11.2. The fraction of sp³-hybridized carbons (Fsp3) is 0.385. The summed E-state index contributed by atoms with van der Waals surface area (Å²) in [5, 5.41) is 0. The lowest BCUT2D eigenvalue weighted by atomic mass is 9.97. The molecule has 0 atom stereocenters. The van der Waals surface area contributed by atoms with Crippen LogP contribution in [0.1, 0.15) is 37.8 Å². The minimum Gasteiger partial charge on any atom is -0.381 e. The SMILES string of the molecule is CCOCC1CCN(c2ccc(C)c(/N=C(\C)c3c4cccccc-4[nH]c3=O)c2)CC1. The van der Waals surface area contributed by atoms with Crippen LogP contribution in [-0.4, -0.2) is 37.0 Å². The molecule has 0 bridgehead atoms. The second-order valence-electron chi connectivity index (χ2n) is 8.33. The average molecular weight is 418 g/mol. The van der Waals surface area contributed by atoms with Crippen molar-refractivity contribution < 1.29 is 4.74 Å². The highest BCUT2D eigenvalue weighted by Crippen LogP contribution is 2.30. The summed E-state index contributed by atoms with van der Waals surface area (Å²) >= 11 is 0. The monoisotopic (exact) mass is 417 g/mol. The van der Waals surface area contributed by atoms with Crippen LogP contribution in [0.2, 0.25) is 0 Å². The number of H-pyrrole nitrogens is 1. The van der Waals surface area contributed by atoms with Crippen molar-refractivity contribution in [2.24, 2.45) is 10.9 Å². The first-order chi connectivity index (χ1) is 15.1. The summed E-state index contributed by atoms with van der Waals surface area (Å²) in [5.41, 5.74) is 6.24. The van der Waals surface area contributed by atoms with Gasteiger partial charge in [0.2, 0.25) is 0 Å². The highest BCUT2D eigenvalue weighted by atomic mass is 16.5. The van der Waals surface area contributed by atoms with Gasteiger partial charge in [0, 0.05) is 43.2 Å². The summed E-state index contributed by atoms with van der Waals surface area (Å²) in [4.78, 5) is 22.9. The van der Waals surface area contributed by atoms with E-state index in [-0.39, 0.29) is 5.56 Å². The molecule has 4 rings (SSSR count). The lowest BCUT2D eigenvalue weighted by molar-refractivity contribution is 0.100. The maximum atomic E-state index is 12.6. The van der Waals surface area contributed by atoms with Crippen LogP contribution in [0.3, 0.4) is 0 Å². The normalized spacial score (nSPS) is 15.6. The van der Waals surface area contributed by atoms with Crippen LogP contribution in [0.15, 0.2) is 58.3 Å². The lowest BCUT2D eigenvalue weighted by Crippen LogP contribution is -2.35. The molecule has 1 aromatic rings. The van der Waals surface area contributed by atoms with Gasteiger partial charge in [-0.3, -0.25) is 9.79 Å². The number of rotatable bonds is 6. The number of anilines is 1. The smallest absolute Gasteiger partial charge is 0.258 e. The molecule has 0 spiro atoms. The molecule has 3 aliphatic rings. The third kappa shape index (κ3) is 4.72. The Morgan fingerprint density at radius 2 is 1.94 bits per heavy atom. The van der Waals surface area contributed by atoms with Crippen LogP contribution in [-0.2, 0) is 4.74 Å². The number of hydrogen-bond donors (Lipinski definition) is 1. The van der Waals surface area contributed by atoms with E-state index in [1.807, 2.05) is 37.3 Å². The fourth-order valence-electron chi connectivity index (χ4n) is 4.33. The molecular formula is C26H31N3O2. The molecule has 2 aliphatic heterocycles. The number of fused-ring (bicyclic) bond motifs is 1. The van der Waals surface area contributed by atoms with Gasteiger partial charge in [-0.15, -0.1) is 0 Å². The molecule has 162 valence electrons. The molecule has 2 heterocycles. The minimum atomic E-state index is -0.0902. The molecule has 1 aliphatic carbocycles. The molecule has 31 heavy (non-hydrogen) atoms. The largest absolute Gasteiger partial charge is 0.381 e. The van der Waals surface area contributed by atoms with Crippen LogP contribution in [0.5, 0.6) is 0 Å². The summed E-state index contributed by atoms with van der Waals surface area (Å²) in [7, 11) is 0. The van der Waals surface area contributed by atoms with Crippen LogP contribution in [0, 0.1) is 12.8 Å². The van der Waals surface area contributed by atoms with Crippen molar-refractivity contribution >= 4 is 17.1 Å². The Hall–Kier alpha value is -2.92. The number of ether oxygens (including phenoxy) is 1. The Bertz CT molecular complexity index is 1090. The van der Waals surface area contributed by atoms with Gasteiger partial charge in [-0.05, 0) is 63.3 Å². The molecule has 0 radical (unpaired) electrons. The van der Waals surface area contributed by atoms with E-state index in [1.165, 1.54) is 5.69 Å². The van der Waals surface area contributed by atoms with Gasteiger partial charge >= 0.3 is 0 Å². The summed E-state index contributed by atoms with van der Waals surface area (Å²) in [6, 6.07) is 16.2. The third-order valence-corrected chi connectivity index (χ3v) is 6.16. The molecule has 0 aromatic heterocycles.